The third-order valence-electron chi connectivity index (χ3n) is 3.91. The number of hydrogen-bond donors (Lipinski definition) is 2. The van der Waals surface area contributed by atoms with Gasteiger partial charge in [-0.25, -0.2) is 0 Å². The number of carbonyl (C=O) groups is 2. The van der Waals surface area contributed by atoms with Crippen LogP contribution in [-0.4, -0.2) is 17.0 Å². The molecule has 0 bridgehead atoms. The van der Waals surface area contributed by atoms with Crippen molar-refractivity contribution in [3.05, 3.63) is 70.2 Å². The van der Waals surface area contributed by atoms with E-state index in [0.717, 1.165) is 11.1 Å². The zero-order valence-corrected chi connectivity index (χ0v) is 14.2. The lowest BCUT2D eigenvalue weighted by Crippen LogP contribution is -2.22. The van der Waals surface area contributed by atoms with Gasteiger partial charge in [-0.15, -0.1) is 0 Å². The van der Waals surface area contributed by atoms with E-state index in [1.165, 1.54) is 0 Å². The lowest BCUT2D eigenvalue weighted by molar-refractivity contribution is -0.141. The average Bonchev–Trinajstić information content (AvgIpc) is 2.59. The number of amides is 1. The van der Waals surface area contributed by atoms with Gasteiger partial charge in [0.25, 0.3) is 5.91 Å². The zero-order chi connectivity index (χ0) is 17.5. The summed E-state index contributed by atoms with van der Waals surface area (Å²) >= 11 is 5.83. The van der Waals surface area contributed by atoms with Crippen LogP contribution >= 0.6 is 11.6 Å². The molecule has 1 amide bonds. The molecule has 0 spiro atoms. The highest BCUT2D eigenvalue weighted by molar-refractivity contribution is 6.30. The average molecular weight is 346 g/mol. The smallest absolute Gasteiger partial charge is 0.306 e. The van der Waals surface area contributed by atoms with Crippen molar-refractivity contribution in [1.29, 1.82) is 0 Å². The van der Waals surface area contributed by atoms with Gasteiger partial charge in [-0.05, 0) is 48.2 Å². The van der Waals surface area contributed by atoms with Crippen LogP contribution in [0, 0.1) is 5.92 Å². The molecule has 24 heavy (non-hydrogen) atoms. The van der Waals surface area contributed by atoms with Gasteiger partial charge >= 0.3 is 5.97 Å². The molecule has 2 rings (SSSR count). The molecule has 0 heterocycles. The molecule has 1 atom stereocenters. The van der Waals surface area contributed by atoms with Crippen molar-refractivity contribution < 1.29 is 14.7 Å². The van der Waals surface area contributed by atoms with Gasteiger partial charge in [0, 0.05) is 17.1 Å². The Morgan fingerprint density at radius 3 is 2.17 bits per heavy atom. The van der Waals surface area contributed by atoms with E-state index in [2.05, 4.69) is 5.32 Å². The van der Waals surface area contributed by atoms with Crippen LogP contribution in [0.5, 0.6) is 0 Å². The molecular formula is C19H20ClNO3. The highest BCUT2D eigenvalue weighted by Crippen LogP contribution is 2.14. The van der Waals surface area contributed by atoms with Crippen LogP contribution in [0.25, 0.3) is 0 Å². The van der Waals surface area contributed by atoms with Crippen LogP contribution in [0.3, 0.4) is 0 Å². The Kier molecular flexibility index (Phi) is 6.38. The Bertz CT molecular complexity index is 696. The fourth-order valence-corrected chi connectivity index (χ4v) is 2.50. The number of hydrogen-bond acceptors (Lipinski definition) is 2. The molecular weight excluding hydrogens is 326 g/mol. The largest absolute Gasteiger partial charge is 0.481 e. The zero-order valence-electron chi connectivity index (χ0n) is 13.5. The van der Waals surface area contributed by atoms with Crippen LogP contribution in [0.2, 0.25) is 5.02 Å². The van der Waals surface area contributed by atoms with Crippen molar-refractivity contribution >= 4 is 23.5 Å². The Morgan fingerprint density at radius 1 is 1.04 bits per heavy atom. The van der Waals surface area contributed by atoms with Gasteiger partial charge < -0.3 is 10.4 Å². The maximum absolute atomic E-state index is 12.2. The molecule has 0 radical (unpaired) electrons. The van der Waals surface area contributed by atoms with E-state index in [1.807, 2.05) is 31.2 Å². The molecule has 126 valence electrons. The normalized spacial score (nSPS) is 11.8. The minimum absolute atomic E-state index is 0.165. The molecule has 0 fully saturated rings. The highest BCUT2D eigenvalue weighted by atomic mass is 35.5. The molecule has 0 saturated heterocycles. The Balaban J connectivity index is 1.93. The van der Waals surface area contributed by atoms with Crippen molar-refractivity contribution in [2.45, 2.75) is 26.3 Å². The molecule has 0 saturated carbocycles. The van der Waals surface area contributed by atoms with Gasteiger partial charge in [-0.1, -0.05) is 42.8 Å². The third kappa shape index (κ3) is 5.10. The number of nitrogens with one attached hydrogen (secondary N) is 1. The van der Waals surface area contributed by atoms with Gasteiger partial charge in [-0.2, -0.15) is 0 Å². The van der Waals surface area contributed by atoms with E-state index >= 15 is 0 Å². The quantitative estimate of drug-likeness (QED) is 0.799. The first-order valence-corrected chi connectivity index (χ1v) is 8.21. The first-order chi connectivity index (χ1) is 11.5. The number of carboxylic acids is 1. The van der Waals surface area contributed by atoms with Crippen molar-refractivity contribution in [3.63, 3.8) is 0 Å². The lowest BCUT2D eigenvalue weighted by atomic mass is 9.96. The standard InChI is InChI=1S/C19H20ClNO3/c1-2-15(19(23)24)11-13-3-7-16(8-4-13)18(22)21-12-14-5-9-17(20)10-6-14/h3-10,15H,2,11-12H2,1H3,(H,21,22)(H,23,24). The molecule has 0 aliphatic carbocycles. The first kappa shape index (κ1) is 18.0. The van der Waals surface area contributed by atoms with Gasteiger partial charge in [-0.3, -0.25) is 9.59 Å². The van der Waals surface area contributed by atoms with Crippen LogP contribution in [0.15, 0.2) is 48.5 Å². The number of carboxylic acid groups (broad SMARTS) is 1. The van der Waals surface area contributed by atoms with E-state index in [0.29, 0.717) is 30.0 Å². The van der Waals surface area contributed by atoms with E-state index in [1.54, 1.807) is 24.3 Å². The van der Waals surface area contributed by atoms with E-state index in [-0.39, 0.29) is 5.91 Å². The van der Waals surface area contributed by atoms with Crippen LogP contribution < -0.4 is 5.32 Å². The fraction of sp³-hybridized carbons (Fsp3) is 0.263. The number of benzene rings is 2. The molecule has 5 heteroatoms. The minimum atomic E-state index is -0.790. The monoisotopic (exact) mass is 345 g/mol. The van der Waals surface area contributed by atoms with Crippen molar-refractivity contribution in [3.8, 4) is 0 Å². The van der Waals surface area contributed by atoms with Gasteiger partial charge in [0.15, 0.2) is 0 Å². The Labute approximate surface area is 146 Å². The number of aliphatic carboxylic acids is 1. The summed E-state index contributed by atoms with van der Waals surface area (Å²) in [6.07, 6.45) is 1.05. The highest BCUT2D eigenvalue weighted by Gasteiger charge is 2.15. The maximum Gasteiger partial charge on any atom is 0.306 e. The predicted octanol–water partition coefficient (Wildman–Crippen LogP) is 3.92. The number of carbonyl (C=O) groups excluding carboxylic acids is 1. The van der Waals surface area contributed by atoms with Crippen LogP contribution in [0.4, 0.5) is 0 Å². The van der Waals surface area contributed by atoms with Gasteiger partial charge in [0.1, 0.15) is 0 Å². The summed E-state index contributed by atoms with van der Waals surface area (Å²) in [4.78, 5) is 23.2. The second kappa shape index (κ2) is 8.50. The summed E-state index contributed by atoms with van der Waals surface area (Å²) in [5.41, 5.74) is 2.44. The first-order valence-electron chi connectivity index (χ1n) is 7.84. The molecule has 2 aromatic carbocycles. The SMILES string of the molecule is CCC(Cc1ccc(C(=O)NCc2ccc(Cl)cc2)cc1)C(=O)O. The number of halogens is 1. The van der Waals surface area contributed by atoms with Crippen molar-refractivity contribution in [1.82, 2.24) is 5.32 Å². The van der Waals surface area contributed by atoms with E-state index in [9.17, 15) is 9.59 Å². The summed E-state index contributed by atoms with van der Waals surface area (Å²) < 4.78 is 0. The Morgan fingerprint density at radius 2 is 1.62 bits per heavy atom. The van der Waals surface area contributed by atoms with Crippen LogP contribution in [0.1, 0.15) is 34.8 Å². The maximum atomic E-state index is 12.2. The number of rotatable bonds is 7. The second-order valence-electron chi connectivity index (χ2n) is 5.65. The lowest BCUT2D eigenvalue weighted by Gasteiger charge is -2.10. The molecule has 4 nitrogen and oxygen atoms in total. The topological polar surface area (TPSA) is 66.4 Å². The molecule has 0 aliphatic rings. The third-order valence-corrected chi connectivity index (χ3v) is 4.16. The minimum Gasteiger partial charge on any atom is -0.481 e. The fourth-order valence-electron chi connectivity index (χ4n) is 2.37. The van der Waals surface area contributed by atoms with Gasteiger partial charge in [0.2, 0.25) is 0 Å². The van der Waals surface area contributed by atoms with Crippen molar-refractivity contribution in [2.24, 2.45) is 5.92 Å². The second-order valence-corrected chi connectivity index (χ2v) is 6.09. The Hall–Kier alpha value is -2.33. The molecule has 2 aromatic rings. The summed E-state index contributed by atoms with van der Waals surface area (Å²) in [5.74, 6) is -1.35. The van der Waals surface area contributed by atoms with E-state index < -0.39 is 11.9 Å². The molecule has 0 aromatic heterocycles. The summed E-state index contributed by atoms with van der Waals surface area (Å²) in [6.45, 7) is 2.28. The molecule has 0 aliphatic heterocycles. The molecule has 2 N–H and O–H groups in total. The van der Waals surface area contributed by atoms with Gasteiger partial charge in [0.05, 0.1) is 5.92 Å². The summed E-state index contributed by atoms with van der Waals surface area (Å²) in [6, 6.07) is 14.4. The summed E-state index contributed by atoms with van der Waals surface area (Å²) in [7, 11) is 0. The van der Waals surface area contributed by atoms with Crippen LogP contribution in [-0.2, 0) is 17.8 Å². The predicted molar refractivity (Wildman–Crippen MR) is 94.2 cm³/mol. The van der Waals surface area contributed by atoms with Crippen molar-refractivity contribution in [2.75, 3.05) is 0 Å². The summed E-state index contributed by atoms with van der Waals surface area (Å²) in [5, 5.41) is 12.6. The van der Waals surface area contributed by atoms with E-state index in [4.69, 9.17) is 16.7 Å². The molecule has 1 unspecified atom stereocenters.